The summed E-state index contributed by atoms with van der Waals surface area (Å²) < 4.78 is 12.2. The molecule has 0 saturated heterocycles. The molecule has 0 heterocycles. The largest absolute Gasteiger partial charge is 0.313 e. The Bertz CT molecular complexity index is 378. The van der Waals surface area contributed by atoms with Gasteiger partial charge in [0.15, 0.2) is 0 Å². The maximum absolute atomic E-state index is 12.2. The zero-order valence-electron chi connectivity index (χ0n) is 11.2. The maximum Gasteiger partial charge on any atom is 0.0489 e. The number of nitrogens with one attached hydrogen (secondary N) is 1. The number of hydrogen-bond acceptors (Lipinski definition) is 2. The van der Waals surface area contributed by atoms with Crippen molar-refractivity contribution in [3.8, 4) is 0 Å². The molecule has 0 aromatic heterocycles. The summed E-state index contributed by atoms with van der Waals surface area (Å²) in [4.78, 5) is 0. The summed E-state index contributed by atoms with van der Waals surface area (Å²) in [5, 5.41) is 3.51. The molecule has 0 bridgehead atoms. The van der Waals surface area contributed by atoms with E-state index in [1.165, 1.54) is 11.1 Å². The average molecular weight is 253 g/mol. The van der Waals surface area contributed by atoms with E-state index in [1.54, 1.807) is 0 Å². The van der Waals surface area contributed by atoms with Crippen molar-refractivity contribution in [3.63, 3.8) is 0 Å². The minimum absolute atomic E-state index is 0.176. The van der Waals surface area contributed by atoms with E-state index in [2.05, 4.69) is 51.2 Å². The molecule has 0 aliphatic rings. The van der Waals surface area contributed by atoms with Crippen LogP contribution in [-0.4, -0.2) is 22.0 Å². The second kappa shape index (κ2) is 6.92. The van der Waals surface area contributed by atoms with Gasteiger partial charge in [0.2, 0.25) is 0 Å². The zero-order chi connectivity index (χ0) is 12.8. The Labute approximate surface area is 107 Å². The van der Waals surface area contributed by atoms with Crippen molar-refractivity contribution in [2.45, 2.75) is 44.7 Å². The van der Waals surface area contributed by atoms with E-state index in [4.69, 9.17) is 0 Å². The van der Waals surface area contributed by atoms with Gasteiger partial charge in [-0.05, 0) is 32.9 Å². The summed E-state index contributed by atoms with van der Waals surface area (Å²) >= 11 is 0. The van der Waals surface area contributed by atoms with Crippen LogP contribution in [-0.2, 0) is 16.6 Å². The Morgan fingerprint density at radius 3 is 2.65 bits per heavy atom. The first-order chi connectivity index (χ1) is 8.04. The van der Waals surface area contributed by atoms with Gasteiger partial charge in [0.25, 0.3) is 0 Å². The number of aryl methyl sites for hydroxylation is 1. The lowest BCUT2D eigenvalue weighted by Crippen LogP contribution is -2.38. The molecule has 1 aromatic carbocycles. The highest BCUT2D eigenvalue weighted by atomic mass is 32.2. The first-order valence-corrected chi connectivity index (χ1v) is 7.59. The molecule has 2 nitrogen and oxygen atoms in total. The summed E-state index contributed by atoms with van der Waals surface area (Å²) in [6, 6.07) is 8.56. The molecule has 1 rings (SSSR count). The molecule has 0 saturated carbocycles. The molecule has 3 heteroatoms. The molecule has 1 N–H and O–H groups in total. The molecule has 0 aliphatic heterocycles. The van der Waals surface area contributed by atoms with Crippen LogP contribution in [0.4, 0.5) is 0 Å². The second-order valence-electron chi connectivity index (χ2n) is 4.57. The van der Waals surface area contributed by atoms with Crippen LogP contribution in [0, 0.1) is 6.92 Å². The van der Waals surface area contributed by atoms with Crippen molar-refractivity contribution in [2.75, 3.05) is 6.54 Å². The van der Waals surface area contributed by atoms with Gasteiger partial charge in [0.1, 0.15) is 0 Å². The minimum atomic E-state index is -0.818. The Hall–Kier alpha value is -0.670. The van der Waals surface area contributed by atoms with Crippen LogP contribution < -0.4 is 5.32 Å². The molecule has 3 atom stereocenters. The Balaban J connectivity index is 2.60. The van der Waals surface area contributed by atoms with Gasteiger partial charge in [0.05, 0.1) is 0 Å². The standard InChI is InChI=1S/C14H23NOS/c1-5-15-12(3)13(4)17(16)10-14-8-6-7-11(2)9-14/h6-9,12-13,15H,5,10H2,1-4H3. The summed E-state index contributed by atoms with van der Waals surface area (Å²) in [7, 11) is -0.818. The maximum atomic E-state index is 12.2. The average Bonchev–Trinajstić information content (AvgIpc) is 2.28. The SMILES string of the molecule is CCNC(C)C(C)S(=O)Cc1cccc(C)c1. The molecule has 0 aliphatic carbocycles. The third-order valence-corrected chi connectivity index (χ3v) is 4.89. The van der Waals surface area contributed by atoms with Crippen molar-refractivity contribution >= 4 is 10.8 Å². The first kappa shape index (κ1) is 14.4. The summed E-state index contributed by atoms with van der Waals surface area (Å²) in [6.07, 6.45) is 0. The van der Waals surface area contributed by atoms with Gasteiger partial charge in [-0.25, -0.2) is 0 Å². The minimum Gasteiger partial charge on any atom is -0.313 e. The van der Waals surface area contributed by atoms with Gasteiger partial charge in [-0.2, -0.15) is 0 Å². The Morgan fingerprint density at radius 2 is 2.06 bits per heavy atom. The third-order valence-electron chi connectivity index (χ3n) is 3.04. The van der Waals surface area contributed by atoms with E-state index >= 15 is 0 Å². The van der Waals surface area contributed by atoms with E-state index in [1.807, 2.05) is 6.07 Å². The molecule has 96 valence electrons. The molecule has 0 amide bonds. The molecular weight excluding hydrogens is 230 g/mol. The number of hydrogen-bond donors (Lipinski definition) is 1. The smallest absolute Gasteiger partial charge is 0.0489 e. The van der Waals surface area contributed by atoms with E-state index in [0.29, 0.717) is 11.8 Å². The Kier molecular flexibility index (Phi) is 5.86. The predicted molar refractivity (Wildman–Crippen MR) is 75.6 cm³/mol. The topological polar surface area (TPSA) is 29.1 Å². The lowest BCUT2D eigenvalue weighted by Gasteiger charge is -2.20. The monoisotopic (exact) mass is 253 g/mol. The lowest BCUT2D eigenvalue weighted by atomic mass is 10.2. The van der Waals surface area contributed by atoms with Crippen molar-refractivity contribution in [1.29, 1.82) is 0 Å². The van der Waals surface area contributed by atoms with Gasteiger partial charge in [-0.15, -0.1) is 0 Å². The fraction of sp³-hybridized carbons (Fsp3) is 0.571. The van der Waals surface area contributed by atoms with Gasteiger partial charge in [-0.3, -0.25) is 4.21 Å². The summed E-state index contributed by atoms with van der Waals surface area (Å²) in [6.45, 7) is 9.22. The van der Waals surface area contributed by atoms with Crippen LogP contribution in [0.15, 0.2) is 24.3 Å². The highest BCUT2D eigenvalue weighted by Crippen LogP contribution is 2.11. The predicted octanol–water partition coefficient (Wildman–Crippen LogP) is 2.63. The molecule has 0 radical (unpaired) electrons. The van der Waals surface area contributed by atoms with Crippen LogP contribution in [0.1, 0.15) is 31.9 Å². The fourth-order valence-corrected chi connectivity index (χ4v) is 3.14. The van der Waals surface area contributed by atoms with Crippen LogP contribution in [0.5, 0.6) is 0 Å². The first-order valence-electron chi connectivity index (χ1n) is 6.20. The van der Waals surface area contributed by atoms with Gasteiger partial charge < -0.3 is 5.32 Å². The normalized spacial score (nSPS) is 16.5. The van der Waals surface area contributed by atoms with Gasteiger partial charge in [-0.1, -0.05) is 36.8 Å². The summed E-state index contributed by atoms with van der Waals surface area (Å²) in [5.41, 5.74) is 2.39. The van der Waals surface area contributed by atoms with Crippen LogP contribution >= 0.6 is 0 Å². The van der Waals surface area contributed by atoms with E-state index in [0.717, 1.165) is 6.54 Å². The Morgan fingerprint density at radius 1 is 1.35 bits per heavy atom. The van der Waals surface area contributed by atoms with Crippen molar-refractivity contribution < 1.29 is 4.21 Å². The summed E-state index contributed by atoms with van der Waals surface area (Å²) in [5.74, 6) is 0.651. The van der Waals surface area contributed by atoms with E-state index in [-0.39, 0.29) is 5.25 Å². The molecule has 0 spiro atoms. The van der Waals surface area contributed by atoms with Crippen LogP contribution in [0.25, 0.3) is 0 Å². The van der Waals surface area contributed by atoms with Gasteiger partial charge in [0, 0.05) is 27.8 Å². The van der Waals surface area contributed by atoms with Crippen molar-refractivity contribution in [3.05, 3.63) is 35.4 Å². The molecule has 0 fully saturated rings. The third kappa shape index (κ3) is 4.60. The number of benzene rings is 1. The zero-order valence-corrected chi connectivity index (χ0v) is 12.0. The second-order valence-corrected chi connectivity index (χ2v) is 6.36. The molecule has 17 heavy (non-hydrogen) atoms. The molecule has 3 unspecified atom stereocenters. The van der Waals surface area contributed by atoms with Crippen molar-refractivity contribution in [1.82, 2.24) is 5.32 Å². The quantitative estimate of drug-likeness (QED) is 0.844. The number of rotatable bonds is 6. The van der Waals surface area contributed by atoms with E-state index < -0.39 is 10.8 Å². The van der Waals surface area contributed by atoms with Crippen LogP contribution in [0.3, 0.4) is 0 Å². The highest BCUT2D eigenvalue weighted by molar-refractivity contribution is 7.84. The fourth-order valence-electron chi connectivity index (χ4n) is 1.81. The molecule has 1 aromatic rings. The van der Waals surface area contributed by atoms with Crippen LogP contribution in [0.2, 0.25) is 0 Å². The lowest BCUT2D eigenvalue weighted by molar-refractivity contribution is 0.549. The van der Waals surface area contributed by atoms with Gasteiger partial charge >= 0.3 is 0 Å². The van der Waals surface area contributed by atoms with Crippen molar-refractivity contribution in [2.24, 2.45) is 0 Å². The highest BCUT2D eigenvalue weighted by Gasteiger charge is 2.17. The molecular formula is C14H23NOS. The van der Waals surface area contributed by atoms with E-state index in [9.17, 15) is 4.21 Å².